The van der Waals surface area contributed by atoms with Crippen LogP contribution >= 0.6 is 0 Å². The number of aliphatic imine (C=N–C) groups is 1. The molecule has 0 bridgehead atoms. The monoisotopic (exact) mass is 203 g/mol. The molecule has 0 heterocycles. The van der Waals surface area contributed by atoms with Crippen LogP contribution in [0.25, 0.3) is 0 Å². The first-order valence-electron chi connectivity index (χ1n) is 4.17. The molecule has 0 radical (unpaired) electrons. The topological polar surface area (TPSA) is 47.9 Å². The van der Waals surface area contributed by atoms with Crippen LogP contribution in [0.2, 0.25) is 19.6 Å². The molecule has 76 valence electrons. The molecule has 0 aliphatic heterocycles. The predicted octanol–water partition coefficient (Wildman–Crippen LogP) is 1.08. The van der Waals surface area contributed by atoms with Crippen molar-refractivity contribution in [2.45, 2.75) is 19.6 Å². The fourth-order valence-corrected chi connectivity index (χ4v) is 1.30. The average molecular weight is 203 g/mol. The Balaban J connectivity index is 3.46. The second-order valence-corrected chi connectivity index (χ2v) is 8.03. The molecule has 0 N–H and O–H groups in total. The molecule has 5 heteroatoms. The molecule has 0 rings (SSSR count). The van der Waals surface area contributed by atoms with Crippen LogP contribution in [0.5, 0.6) is 0 Å². The lowest BCUT2D eigenvalue weighted by atomic mass is 10.7. The van der Waals surface area contributed by atoms with Gasteiger partial charge >= 0.3 is 5.97 Å². The summed E-state index contributed by atoms with van der Waals surface area (Å²) in [5, 5.41) is 0. The van der Waals surface area contributed by atoms with E-state index in [1.54, 1.807) is 0 Å². The van der Waals surface area contributed by atoms with E-state index >= 15 is 0 Å². The smallest absolute Gasteiger partial charge is 0.348 e. The maximum atomic E-state index is 10.6. The third-order valence-corrected chi connectivity index (χ3v) is 2.22. The van der Waals surface area contributed by atoms with Crippen molar-refractivity contribution in [2.24, 2.45) is 4.99 Å². The standard InChI is InChI=1S/C8H17NO3Si/c1-11-8(10)7-9-5-6-12-13(2,3)4/h7H,5-6H2,1-4H3. The molecule has 0 aromatic heterocycles. The van der Waals surface area contributed by atoms with Gasteiger partial charge in [-0.05, 0) is 19.6 Å². The highest BCUT2D eigenvalue weighted by atomic mass is 28.4. The van der Waals surface area contributed by atoms with Gasteiger partial charge < -0.3 is 9.16 Å². The zero-order valence-corrected chi connectivity index (χ0v) is 9.66. The van der Waals surface area contributed by atoms with Crippen molar-refractivity contribution in [3.63, 3.8) is 0 Å². The van der Waals surface area contributed by atoms with E-state index in [1.165, 1.54) is 13.3 Å². The quantitative estimate of drug-likeness (QED) is 0.291. The number of ether oxygens (including phenoxy) is 1. The van der Waals surface area contributed by atoms with E-state index in [4.69, 9.17) is 4.43 Å². The fraction of sp³-hybridized carbons (Fsp3) is 0.750. The van der Waals surface area contributed by atoms with Gasteiger partial charge in [-0.2, -0.15) is 0 Å². The molecule has 0 saturated heterocycles. The molecule has 0 atom stereocenters. The summed E-state index contributed by atoms with van der Waals surface area (Å²) < 4.78 is 9.90. The van der Waals surface area contributed by atoms with Gasteiger partial charge in [-0.1, -0.05) is 0 Å². The summed E-state index contributed by atoms with van der Waals surface area (Å²) in [7, 11) is -0.106. The second-order valence-electron chi connectivity index (χ2n) is 3.52. The summed E-state index contributed by atoms with van der Waals surface area (Å²) in [6.07, 6.45) is 1.17. The highest BCUT2D eigenvalue weighted by Crippen LogP contribution is 2.01. The van der Waals surface area contributed by atoms with Crippen LogP contribution in [0, 0.1) is 0 Å². The van der Waals surface area contributed by atoms with E-state index < -0.39 is 14.3 Å². The summed E-state index contributed by atoms with van der Waals surface area (Å²) in [6, 6.07) is 0. The van der Waals surface area contributed by atoms with Gasteiger partial charge in [-0.25, -0.2) is 4.79 Å². The van der Waals surface area contributed by atoms with Crippen molar-refractivity contribution in [2.75, 3.05) is 20.3 Å². The SMILES string of the molecule is COC(=O)C=NCCO[Si](C)(C)C. The molecule has 0 aromatic rings. The molecular weight excluding hydrogens is 186 g/mol. The number of esters is 1. The van der Waals surface area contributed by atoms with Crippen LogP contribution in [0.1, 0.15) is 0 Å². The summed E-state index contributed by atoms with van der Waals surface area (Å²) in [5.41, 5.74) is 0. The van der Waals surface area contributed by atoms with Crippen LogP contribution in [0.15, 0.2) is 4.99 Å². The van der Waals surface area contributed by atoms with Crippen molar-refractivity contribution in [3.8, 4) is 0 Å². The Morgan fingerprint density at radius 3 is 2.54 bits per heavy atom. The summed E-state index contributed by atoms with van der Waals surface area (Å²) in [4.78, 5) is 14.4. The first-order chi connectivity index (χ1) is 5.95. The molecule has 4 nitrogen and oxygen atoms in total. The Kier molecular flexibility index (Phi) is 5.57. The van der Waals surface area contributed by atoms with Crippen LogP contribution < -0.4 is 0 Å². The third kappa shape index (κ3) is 9.23. The van der Waals surface area contributed by atoms with Gasteiger partial charge in [0, 0.05) is 0 Å². The molecule has 0 aliphatic rings. The molecule has 0 aliphatic carbocycles. The van der Waals surface area contributed by atoms with E-state index in [0.717, 1.165) is 0 Å². The average Bonchev–Trinajstić information content (AvgIpc) is 2.01. The molecular formula is C8H17NO3Si. The van der Waals surface area contributed by atoms with Gasteiger partial charge in [0.1, 0.15) is 6.21 Å². The third-order valence-electron chi connectivity index (χ3n) is 1.15. The maximum absolute atomic E-state index is 10.6. The highest BCUT2D eigenvalue weighted by Gasteiger charge is 2.12. The Hall–Kier alpha value is -0.683. The van der Waals surface area contributed by atoms with Crippen LogP contribution in [-0.2, 0) is 14.0 Å². The number of carbonyl (C=O) groups excluding carboxylic acids is 1. The van der Waals surface area contributed by atoms with Gasteiger partial charge in [0.15, 0.2) is 8.32 Å². The molecule has 0 aromatic carbocycles. The molecule has 0 unspecified atom stereocenters. The minimum atomic E-state index is -1.43. The lowest BCUT2D eigenvalue weighted by Crippen LogP contribution is -2.26. The highest BCUT2D eigenvalue weighted by molar-refractivity contribution is 6.69. The van der Waals surface area contributed by atoms with E-state index in [1.807, 2.05) is 0 Å². The van der Waals surface area contributed by atoms with E-state index in [0.29, 0.717) is 13.2 Å². The summed E-state index contributed by atoms with van der Waals surface area (Å²) >= 11 is 0. The molecule has 0 fully saturated rings. The first kappa shape index (κ1) is 12.3. The van der Waals surface area contributed by atoms with Gasteiger partial charge in [0.05, 0.1) is 20.3 Å². The number of carbonyl (C=O) groups is 1. The fourth-order valence-electron chi connectivity index (χ4n) is 0.596. The first-order valence-corrected chi connectivity index (χ1v) is 7.58. The van der Waals surface area contributed by atoms with Crippen molar-refractivity contribution in [1.29, 1.82) is 0 Å². The Bertz CT molecular complexity index is 186. The van der Waals surface area contributed by atoms with E-state index in [9.17, 15) is 4.79 Å². The number of nitrogens with zero attached hydrogens (tertiary/aromatic N) is 1. The van der Waals surface area contributed by atoms with Crippen molar-refractivity contribution in [1.82, 2.24) is 0 Å². The molecule has 13 heavy (non-hydrogen) atoms. The minimum Gasteiger partial charge on any atom is -0.465 e. The predicted molar refractivity (Wildman–Crippen MR) is 54.7 cm³/mol. The lowest BCUT2D eigenvalue weighted by Gasteiger charge is -2.15. The van der Waals surface area contributed by atoms with Crippen molar-refractivity contribution in [3.05, 3.63) is 0 Å². The zero-order chi connectivity index (χ0) is 10.3. The van der Waals surface area contributed by atoms with Gasteiger partial charge in [-0.15, -0.1) is 0 Å². The zero-order valence-electron chi connectivity index (χ0n) is 8.66. The molecule has 0 amide bonds. The van der Waals surface area contributed by atoms with Crippen molar-refractivity contribution >= 4 is 20.5 Å². The Morgan fingerprint density at radius 2 is 2.08 bits per heavy atom. The number of hydrogen-bond acceptors (Lipinski definition) is 4. The maximum Gasteiger partial charge on any atom is 0.348 e. The summed E-state index contributed by atoms with van der Waals surface area (Å²) in [6.45, 7) is 7.41. The van der Waals surface area contributed by atoms with Gasteiger partial charge in [0.2, 0.25) is 0 Å². The van der Waals surface area contributed by atoms with E-state index in [-0.39, 0.29) is 0 Å². The Labute approximate surface area is 80.1 Å². The molecule has 0 spiro atoms. The summed E-state index contributed by atoms with van der Waals surface area (Å²) in [5.74, 6) is -0.423. The second kappa shape index (κ2) is 5.88. The van der Waals surface area contributed by atoms with Crippen LogP contribution in [0.3, 0.4) is 0 Å². The largest absolute Gasteiger partial charge is 0.465 e. The minimum absolute atomic E-state index is 0.423. The van der Waals surface area contributed by atoms with Gasteiger partial charge in [0.25, 0.3) is 0 Å². The lowest BCUT2D eigenvalue weighted by molar-refractivity contribution is -0.132. The molecule has 0 saturated carbocycles. The van der Waals surface area contributed by atoms with Crippen molar-refractivity contribution < 1.29 is 14.0 Å². The van der Waals surface area contributed by atoms with Crippen LogP contribution in [0.4, 0.5) is 0 Å². The number of rotatable bonds is 5. The normalized spacial score (nSPS) is 12.0. The number of methoxy groups -OCH3 is 1. The number of hydrogen-bond donors (Lipinski definition) is 0. The van der Waals surface area contributed by atoms with E-state index in [2.05, 4.69) is 29.4 Å². The van der Waals surface area contributed by atoms with Crippen LogP contribution in [-0.4, -0.2) is 40.8 Å². The van der Waals surface area contributed by atoms with Gasteiger partial charge in [-0.3, -0.25) is 4.99 Å². The Morgan fingerprint density at radius 1 is 1.46 bits per heavy atom.